The Hall–Kier alpha value is -3.04. The zero-order valence-electron chi connectivity index (χ0n) is 13.7. The van der Waals surface area contributed by atoms with Crippen LogP contribution in [0.15, 0.2) is 69.5 Å². The molecule has 0 saturated heterocycles. The second-order valence-corrected chi connectivity index (χ2v) is 6.26. The molecule has 0 atom stereocenters. The monoisotopic (exact) mass is 444 g/mol. The molecule has 2 aromatic heterocycles. The highest BCUT2D eigenvalue weighted by atomic mass is 79.9. The summed E-state index contributed by atoms with van der Waals surface area (Å²) in [4.78, 5) is 14.7. The molecule has 4 rings (SSSR count). The lowest BCUT2D eigenvalue weighted by atomic mass is 10.2. The number of non-ortho nitro benzene ring substituents is 1. The second-order valence-electron chi connectivity index (χ2n) is 5.41. The Balaban J connectivity index is 0.00000210. The Morgan fingerprint density at radius 3 is 2.70 bits per heavy atom. The first-order chi connectivity index (χ1) is 12.7. The third-order valence-corrected chi connectivity index (χ3v) is 4.41. The van der Waals surface area contributed by atoms with E-state index in [9.17, 15) is 10.1 Å². The van der Waals surface area contributed by atoms with Crippen molar-refractivity contribution >= 4 is 56.3 Å². The fourth-order valence-corrected chi connectivity index (χ4v) is 3.04. The molecule has 0 spiro atoms. The SMILES string of the molecule is Br.O=[N+]([O-])c1ccc(/C=N/Nc2nc(-c3cc4ccccc4o3)cs2)cc1. The van der Waals surface area contributed by atoms with E-state index in [0.717, 1.165) is 22.2 Å². The molecule has 1 N–H and O–H groups in total. The Bertz CT molecular complexity index is 1070. The van der Waals surface area contributed by atoms with Crippen LogP contribution in [0.25, 0.3) is 22.4 Å². The summed E-state index contributed by atoms with van der Waals surface area (Å²) in [6.07, 6.45) is 1.58. The third kappa shape index (κ3) is 4.21. The lowest BCUT2D eigenvalue weighted by molar-refractivity contribution is -0.384. The van der Waals surface area contributed by atoms with Gasteiger partial charge in [0.05, 0.1) is 11.1 Å². The smallest absolute Gasteiger partial charge is 0.269 e. The van der Waals surface area contributed by atoms with Crippen LogP contribution in [0, 0.1) is 10.1 Å². The zero-order chi connectivity index (χ0) is 17.9. The number of nitrogens with zero attached hydrogens (tertiary/aromatic N) is 3. The fraction of sp³-hybridized carbons (Fsp3) is 0. The van der Waals surface area contributed by atoms with Crippen LogP contribution in [-0.2, 0) is 0 Å². The van der Waals surface area contributed by atoms with Crippen molar-refractivity contribution in [3.63, 3.8) is 0 Å². The van der Waals surface area contributed by atoms with Crippen LogP contribution in [0.3, 0.4) is 0 Å². The van der Waals surface area contributed by atoms with Gasteiger partial charge in [0.2, 0.25) is 5.13 Å². The number of rotatable bonds is 5. The lowest BCUT2D eigenvalue weighted by Crippen LogP contribution is -1.91. The van der Waals surface area contributed by atoms with E-state index in [1.807, 2.05) is 35.7 Å². The van der Waals surface area contributed by atoms with E-state index in [1.54, 1.807) is 18.3 Å². The van der Waals surface area contributed by atoms with Crippen LogP contribution in [0.5, 0.6) is 0 Å². The first kappa shape index (κ1) is 18.7. The predicted molar refractivity (Wildman–Crippen MR) is 112 cm³/mol. The second kappa shape index (κ2) is 8.11. The van der Waals surface area contributed by atoms with Gasteiger partial charge < -0.3 is 4.42 Å². The standard InChI is InChI=1S/C18H12N4O3S.BrH/c23-22(24)14-7-5-12(6-8-14)10-19-21-18-20-15(11-26-18)17-9-13-3-1-2-4-16(13)25-17;/h1-11H,(H,20,21);1H/b19-10+;. The highest BCUT2D eigenvalue weighted by Crippen LogP contribution is 2.30. The summed E-state index contributed by atoms with van der Waals surface area (Å²) in [6, 6.07) is 15.9. The van der Waals surface area contributed by atoms with Crippen LogP contribution in [0.4, 0.5) is 10.8 Å². The Labute approximate surface area is 168 Å². The van der Waals surface area contributed by atoms with Crippen molar-refractivity contribution in [1.82, 2.24) is 4.98 Å². The van der Waals surface area contributed by atoms with Crippen LogP contribution in [-0.4, -0.2) is 16.1 Å². The molecule has 0 aliphatic heterocycles. The van der Waals surface area contributed by atoms with E-state index < -0.39 is 4.92 Å². The van der Waals surface area contributed by atoms with E-state index in [1.165, 1.54) is 23.5 Å². The van der Waals surface area contributed by atoms with Gasteiger partial charge in [-0.15, -0.1) is 28.3 Å². The van der Waals surface area contributed by atoms with Gasteiger partial charge in [-0.3, -0.25) is 15.5 Å². The molecule has 9 heteroatoms. The topological polar surface area (TPSA) is 93.6 Å². The van der Waals surface area contributed by atoms with Gasteiger partial charge >= 0.3 is 0 Å². The number of hydrogen-bond donors (Lipinski definition) is 1. The molecule has 0 bridgehead atoms. The number of furan rings is 1. The number of hydrogen-bond acceptors (Lipinski definition) is 7. The summed E-state index contributed by atoms with van der Waals surface area (Å²) >= 11 is 1.41. The molecule has 0 saturated carbocycles. The van der Waals surface area contributed by atoms with E-state index in [-0.39, 0.29) is 22.7 Å². The number of nitrogens with one attached hydrogen (secondary N) is 1. The number of benzene rings is 2. The molecule has 27 heavy (non-hydrogen) atoms. The van der Waals surface area contributed by atoms with Crippen molar-refractivity contribution in [2.75, 3.05) is 5.43 Å². The number of anilines is 1. The summed E-state index contributed by atoms with van der Waals surface area (Å²) < 4.78 is 5.79. The summed E-state index contributed by atoms with van der Waals surface area (Å²) in [5, 5.41) is 18.3. The third-order valence-electron chi connectivity index (χ3n) is 3.66. The van der Waals surface area contributed by atoms with Crippen molar-refractivity contribution < 1.29 is 9.34 Å². The van der Waals surface area contributed by atoms with Gasteiger partial charge in [0.1, 0.15) is 11.3 Å². The minimum absolute atomic E-state index is 0. The molecule has 2 aromatic carbocycles. The first-order valence-corrected chi connectivity index (χ1v) is 8.55. The molecular formula is C18H13BrN4O3S. The predicted octanol–water partition coefficient (Wildman–Crippen LogP) is 5.49. The maximum atomic E-state index is 10.6. The molecular weight excluding hydrogens is 432 g/mol. The van der Waals surface area contributed by atoms with Gasteiger partial charge in [0, 0.05) is 22.9 Å². The number of para-hydroxylation sites is 1. The summed E-state index contributed by atoms with van der Waals surface area (Å²) in [6.45, 7) is 0. The van der Waals surface area contributed by atoms with E-state index >= 15 is 0 Å². The van der Waals surface area contributed by atoms with Crippen molar-refractivity contribution in [3.8, 4) is 11.5 Å². The largest absolute Gasteiger partial charge is 0.454 e. The van der Waals surface area contributed by atoms with Gasteiger partial charge in [-0.05, 0) is 29.8 Å². The highest BCUT2D eigenvalue weighted by Gasteiger charge is 2.09. The van der Waals surface area contributed by atoms with Crippen LogP contribution < -0.4 is 5.43 Å². The number of aromatic nitrogens is 1. The van der Waals surface area contributed by atoms with Gasteiger partial charge in [0.25, 0.3) is 5.69 Å². The average molecular weight is 445 g/mol. The number of halogens is 1. The number of thiazole rings is 1. The quantitative estimate of drug-likeness (QED) is 0.249. The minimum Gasteiger partial charge on any atom is -0.454 e. The molecule has 136 valence electrons. The minimum atomic E-state index is -0.436. The summed E-state index contributed by atoms with van der Waals surface area (Å²) in [5.74, 6) is 0.704. The fourth-order valence-electron chi connectivity index (χ4n) is 2.39. The maximum absolute atomic E-state index is 10.6. The van der Waals surface area contributed by atoms with Crippen molar-refractivity contribution in [3.05, 3.63) is 75.7 Å². The molecule has 0 aliphatic carbocycles. The molecule has 0 fully saturated rings. The zero-order valence-corrected chi connectivity index (χ0v) is 16.3. The molecule has 0 aliphatic rings. The van der Waals surface area contributed by atoms with E-state index in [2.05, 4.69) is 15.5 Å². The Kier molecular flexibility index (Phi) is 5.63. The average Bonchev–Trinajstić information content (AvgIpc) is 3.28. The van der Waals surface area contributed by atoms with Crippen LogP contribution >= 0.6 is 28.3 Å². The van der Waals surface area contributed by atoms with Gasteiger partial charge in [0.15, 0.2) is 5.76 Å². The number of nitro groups is 1. The molecule has 4 aromatic rings. The molecule has 7 nitrogen and oxygen atoms in total. The summed E-state index contributed by atoms with van der Waals surface area (Å²) in [5.41, 5.74) is 5.21. The first-order valence-electron chi connectivity index (χ1n) is 7.67. The molecule has 2 heterocycles. The van der Waals surface area contributed by atoms with Gasteiger partial charge in [-0.1, -0.05) is 18.2 Å². The van der Waals surface area contributed by atoms with Crippen molar-refractivity contribution in [2.45, 2.75) is 0 Å². The van der Waals surface area contributed by atoms with Gasteiger partial charge in [-0.25, -0.2) is 4.98 Å². The lowest BCUT2D eigenvalue weighted by Gasteiger charge is -1.95. The van der Waals surface area contributed by atoms with E-state index in [4.69, 9.17) is 4.42 Å². The van der Waals surface area contributed by atoms with Crippen LogP contribution in [0.1, 0.15) is 5.56 Å². The molecule has 0 radical (unpaired) electrons. The molecule has 0 unspecified atom stereocenters. The van der Waals surface area contributed by atoms with Crippen molar-refractivity contribution in [2.24, 2.45) is 5.10 Å². The van der Waals surface area contributed by atoms with Crippen molar-refractivity contribution in [1.29, 1.82) is 0 Å². The van der Waals surface area contributed by atoms with Crippen LogP contribution in [0.2, 0.25) is 0 Å². The summed E-state index contributed by atoms with van der Waals surface area (Å²) in [7, 11) is 0. The highest BCUT2D eigenvalue weighted by molar-refractivity contribution is 8.93. The number of fused-ring (bicyclic) bond motifs is 1. The molecule has 0 amide bonds. The number of nitro benzene ring substituents is 1. The Morgan fingerprint density at radius 1 is 1.19 bits per heavy atom. The Morgan fingerprint density at radius 2 is 1.96 bits per heavy atom. The number of hydrazone groups is 1. The normalized spacial score (nSPS) is 10.8. The maximum Gasteiger partial charge on any atom is 0.269 e. The van der Waals surface area contributed by atoms with Gasteiger partial charge in [-0.2, -0.15) is 5.10 Å². The van der Waals surface area contributed by atoms with E-state index in [0.29, 0.717) is 10.9 Å².